The van der Waals surface area contributed by atoms with E-state index in [9.17, 15) is 9.59 Å². The van der Waals surface area contributed by atoms with E-state index in [1.165, 1.54) is 4.90 Å². The lowest BCUT2D eigenvalue weighted by Gasteiger charge is -2.19. The molecule has 27 heavy (non-hydrogen) atoms. The van der Waals surface area contributed by atoms with Gasteiger partial charge in [-0.1, -0.05) is 24.3 Å². The summed E-state index contributed by atoms with van der Waals surface area (Å²) >= 11 is 0. The molecule has 0 aromatic heterocycles. The quantitative estimate of drug-likeness (QED) is 0.704. The molecule has 2 rings (SSSR count). The molecule has 0 fully saturated rings. The Hall–Kier alpha value is -3.33. The third-order valence-corrected chi connectivity index (χ3v) is 4.06. The van der Waals surface area contributed by atoms with E-state index >= 15 is 0 Å². The van der Waals surface area contributed by atoms with Gasteiger partial charge in [-0.3, -0.25) is 4.79 Å². The zero-order valence-corrected chi connectivity index (χ0v) is 15.6. The monoisotopic (exact) mass is 366 g/mol. The fourth-order valence-corrected chi connectivity index (χ4v) is 2.35. The molecule has 6 nitrogen and oxygen atoms in total. The first-order chi connectivity index (χ1) is 12.9. The maximum absolute atomic E-state index is 12.2. The number of amides is 1. The minimum Gasteiger partial charge on any atom is -0.479 e. The number of aryl methyl sites for hydroxylation is 1. The molecular weight excluding hydrogens is 344 g/mol. The van der Waals surface area contributed by atoms with Crippen molar-refractivity contribution in [3.63, 3.8) is 0 Å². The lowest BCUT2D eigenvalue weighted by atomic mass is 10.1. The number of ether oxygens (including phenoxy) is 2. The summed E-state index contributed by atoms with van der Waals surface area (Å²) in [7, 11) is 1.67. The molecule has 0 aliphatic heterocycles. The Bertz CT molecular complexity index is 840. The lowest BCUT2D eigenvalue weighted by Crippen LogP contribution is -2.34. The van der Waals surface area contributed by atoms with Crippen LogP contribution in [0, 0.1) is 18.3 Å². The van der Waals surface area contributed by atoms with Crippen molar-refractivity contribution in [2.75, 3.05) is 13.7 Å². The van der Waals surface area contributed by atoms with Crippen LogP contribution in [-0.2, 0) is 20.9 Å². The van der Waals surface area contributed by atoms with Crippen molar-refractivity contribution < 1.29 is 19.1 Å². The Morgan fingerprint density at radius 1 is 1.15 bits per heavy atom. The molecule has 2 aromatic rings. The summed E-state index contributed by atoms with van der Waals surface area (Å²) in [5.74, 6) is -0.476. The van der Waals surface area contributed by atoms with Gasteiger partial charge in [0.05, 0.1) is 11.6 Å². The molecule has 0 unspecified atom stereocenters. The average molecular weight is 366 g/mol. The van der Waals surface area contributed by atoms with Crippen LogP contribution in [-0.4, -0.2) is 36.5 Å². The fraction of sp³-hybridized carbons (Fsp3) is 0.286. The third kappa shape index (κ3) is 5.86. The van der Waals surface area contributed by atoms with Gasteiger partial charge in [0, 0.05) is 13.6 Å². The standard InChI is InChI=1S/C21H22N2O4/c1-15-6-4-5-7-18(15)13-23(3)20(24)14-26-21(25)16(2)27-19-10-8-17(12-22)9-11-19/h4-11,16H,13-14H2,1-3H3/t16-/m0/s1. The predicted octanol–water partition coefficient (Wildman–Crippen LogP) is 2.84. The van der Waals surface area contributed by atoms with Gasteiger partial charge in [-0.05, 0) is 49.2 Å². The first-order valence-electron chi connectivity index (χ1n) is 8.52. The van der Waals surface area contributed by atoms with Crippen LogP contribution in [0.3, 0.4) is 0 Å². The summed E-state index contributed by atoms with van der Waals surface area (Å²) in [4.78, 5) is 25.7. The highest BCUT2D eigenvalue weighted by molar-refractivity contribution is 5.82. The largest absolute Gasteiger partial charge is 0.479 e. The second-order valence-electron chi connectivity index (χ2n) is 6.18. The van der Waals surface area contributed by atoms with Crippen LogP contribution in [0.4, 0.5) is 0 Å². The van der Waals surface area contributed by atoms with Gasteiger partial charge in [-0.25, -0.2) is 4.79 Å². The van der Waals surface area contributed by atoms with Crippen LogP contribution >= 0.6 is 0 Å². The molecule has 140 valence electrons. The Balaban J connectivity index is 1.81. The minimum atomic E-state index is -0.868. The summed E-state index contributed by atoms with van der Waals surface area (Å²) in [6.45, 7) is 3.63. The zero-order chi connectivity index (χ0) is 19.8. The third-order valence-electron chi connectivity index (χ3n) is 4.06. The maximum Gasteiger partial charge on any atom is 0.347 e. The lowest BCUT2D eigenvalue weighted by molar-refractivity contribution is -0.157. The highest BCUT2D eigenvalue weighted by Gasteiger charge is 2.19. The van der Waals surface area contributed by atoms with Gasteiger partial charge < -0.3 is 14.4 Å². The number of benzene rings is 2. The Kier molecular flexibility index (Phi) is 6.95. The molecule has 0 bridgehead atoms. The van der Waals surface area contributed by atoms with Crippen LogP contribution in [0.2, 0.25) is 0 Å². The summed E-state index contributed by atoms with van der Waals surface area (Å²) in [6.07, 6.45) is -0.868. The number of likely N-dealkylation sites (N-methyl/N-ethyl adjacent to an activating group) is 1. The topological polar surface area (TPSA) is 79.6 Å². The van der Waals surface area contributed by atoms with Crippen molar-refractivity contribution in [1.29, 1.82) is 5.26 Å². The molecule has 0 N–H and O–H groups in total. The number of esters is 1. The van der Waals surface area contributed by atoms with Crippen molar-refractivity contribution in [3.8, 4) is 11.8 Å². The number of nitrogens with zero attached hydrogens (tertiary/aromatic N) is 2. The molecule has 0 heterocycles. The molecule has 0 spiro atoms. The molecule has 0 saturated carbocycles. The number of rotatable bonds is 7. The minimum absolute atomic E-state index is 0.294. The van der Waals surface area contributed by atoms with Gasteiger partial charge in [0.25, 0.3) is 5.91 Å². The molecule has 0 aliphatic carbocycles. The van der Waals surface area contributed by atoms with Crippen LogP contribution < -0.4 is 4.74 Å². The van der Waals surface area contributed by atoms with Crippen molar-refractivity contribution >= 4 is 11.9 Å². The van der Waals surface area contributed by atoms with Crippen molar-refractivity contribution in [2.45, 2.75) is 26.5 Å². The summed E-state index contributed by atoms with van der Waals surface area (Å²) < 4.78 is 10.5. The van der Waals surface area contributed by atoms with E-state index in [-0.39, 0.29) is 12.5 Å². The number of hydrogen-bond donors (Lipinski definition) is 0. The first-order valence-corrected chi connectivity index (χ1v) is 8.52. The maximum atomic E-state index is 12.2. The fourth-order valence-electron chi connectivity index (χ4n) is 2.35. The van der Waals surface area contributed by atoms with Crippen LogP contribution in [0.1, 0.15) is 23.6 Å². The normalized spacial score (nSPS) is 11.2. The number of carbonyl (C=O) groups excluding carboxylic acids is 2. The van der Waals surface area contributed by atoms with Gasteiger partial charge in [0.15, 0.2) is 12.7 Å². The van der Waals surface area contributed by atoms with Gasteiger partial charge in [0.1, 0.15) is 5.75 Å². The zero-order valence-electron chi connectivity index (χ0n) is 15.6. The van der Waals surface area contributed by atoms with E-state index in [0.29, 0.717) is 17.9 Å². The van der Waals surface area contributed by atoms with E-state index in [1.807, 2.05) is 37.3 Å². The Labute approximate surface area is 158 Å². The number of hydrogen-bond acceptors (Lipinski definition) is 5. The summed E-state index contributed by atoms with van der Waals surface area (Å²) in [6, 6.07) is 16.2. The molecule has 1 amide bonds. The van der Waals surface area contributed by atoms with E-state index < -0.39 is 12.1 Å². The van der Waals surface area contributed by atoms with Crippen LogP contribution in [0.25, 0.3) is 0 Å². The molecular formula is C21H22N2O4. The summed E-state index contributed by atoms with van der Waals surface area (Å²) in [5.41, 5.74) is 2.63. The molecule has 0 saturated heterocycles. The molecule has 0 radical (unpaired) electrons. The highest BCUT2D eigenvalue weighted by atomic mass is 16.6. The van der Waals surface area contributed by atoms with Crippen LogP contribution in [0.15, 0.2) is 48.5 Å². The predicted molar refractivity (Wildman–Crippen MR) is 99.9 cm³/mol. The smallest absolute Gasteiger partial charge is 0.347 e. The Morgan fingerprint density at radius 2 is 1.81 bits per heavy atom. The molecule has 1 atom stereocenters. The second-order valence-corrected chi connectivity index (χ2v) is 6.18. The van der Waals surface area contributed by atoms with E-state index in [0.717, 1.165) is 11.1 Å². The number of carbonyl (C=O) groups is 2. The van der Waals surface area contributed by atoms with Gasteiger partial charge in [0.2, 0.25) is 0 Å². The van der Waals surface area contributed by atoms with Crippen molar-refractivity contribution in [1.82, 2.24) is 4.90 Å². The average Bonchev–Trinajstić information content (AvgIpc) is 2.68. The second kappa shape index (κ2) is 9.39. The van der Waals surface area contributed by atoms with Gasteiger partial charge in [-0.2, -0.15) is 5.26 Å². The molecule has 2 aromatic carbocycles. The van der Waals surface area contributed by atoms with E-state index in [4.69, 9.17) is 14.7 Å². The van der Waals surface area contributed by atoms with Crippen LogP contribution in [0.5, 0.6) is 5.75 Å². The van der Waals surface area contributed by atoms with Gasteiger partial charge in [-0.15, -0.1) is 0 Å². The first kappa shape index (κ1) is 20.0. The molecule has 6 heteroatoms. The van der Waals surface area contributed by atoms with Crippen molar-refractivity contribution in [2.24, 2.45) is 0 Å². The van der Waals surface area contributed by atoms with E-state index in [1.54, 1.807) is 38.2 Å². The van der Waals surface area contributed by atoms with Crippen molar-refractivity contribution in [3.05, 3.63) is 65.2 Å². The molecule has 0 aliphatic rings. The number of nitriles is 1. The Morgan fingerprint density at radius 3 is 2.44 bits per heavy atom. The van der Waals surface area contributed by atoms with E-state index in [2.05, 4.69) is 0 Å². The summed E-state index contributed by atoms with van der Waals surface area (Å²) in [5, 5.41) is 8.77. The SMILES string of the molecule is Cc1ccccc1CN(C)C(=O)COC(=O)[C@H](C)Oc1ccc(C#N)cc1. The highest BCUT2D eigenvalue weighted by Crippen LogP contribution is 2.14. The van der Waals surface area contributed by atoms with Gasteiger partial charge >= 0.3 is 5.97 Å².